The average Bonchev–Trinajstić information content (AvgIpc) is 3.33. The second kappa shape index (κ2) is 9.38. The van der Waals surface area contributed by atoms with Gasteiger partial charge in [-0.25, -0.2) is 9.78 Å². The summed E-state index contributed by atoms with van der Waals surface area (Å²) in [5, 5.41) is 14.6. The summed E-state index contributed by atoms with van der Waals surface area (Å²) in [6, 6.07) is 20.9. The lowest BCUT2D eigenvalue weighted by Gasteiger charge is -2.10. The molecule has 9 nitrogen and oxygen atoms in total. The molecule has 0 aliphatic heterocycles. The number of carbonyl (C=O) groups is 1. The smallest absolute Gasteiger partial charge is 0.344 e. The molecule has 3 aromatic carbocycles. The third kappa shape index (κ3) is 4.29. The zero-order valence-corrected chi connectivity index (χ0v) is 19.4. The Hall–Kier alpha value is -4.92. The second-order valence-electron chi connectivity index (χ2n) is 7.96. The van der Waals surface area contributed by atoms with E-state index in [9.17, 15) is 9.59 Å². The second-order valence-corrected chi connectivity index (χ2v) is 7.96. The van der Waals surface area contributed by atoms with Gasteiger partial charge in [-0.3, -0.25) is 4.79 Å². The fraction of sp³-hybridized carbons (Fsp3) is 0.111. The van der Waals surface area contributed by atoms with E-state index in [4.69, 9.17) is 19.0 Å². The van der Waals surface area contributed by atoms with Gasteiger partial charge in [-0.05, 0) is 67.1 Å². The largest absolute Gasteiger partial charge is 0.496 e. The van der Waals surface area contributed by atoms with Crippen LogP contribution in [0.15, 0.2) is 87.1 Å². The van der Waals surface area contributed by atoms with Gasteiger partial charge in [0.25, 0.3) is 5.56 Å². The van der Waals surface area contributed by atoms with Crippen molar-refractivity contribution in [2.24, 2.45) is 5.10 Å². The molecule has 0 saturated carbocycles. The molecule has 0 fully saturated rings. The van der Waals surface area contributed by atoms with Crippen LogP contribution in [0, 0.1) is 0 Å². The molecule has 0 aliphatic rings. The summed E-state index contributed by atoms with van der Waals surface area (Å²) in [6.07, 6.45) is 0.534. The van der Waals surface area contributed by atoms with E-state index in [1.165, 1.54) is 17.8 Å². The monoisotopic (exact) mass is 483 g/mol. The molecule has 2 heterocycles. The van der Waals surface area contributed by atoms with Gasteiger partial charge in [-0.2, -0.15) is 9.78 Å². The molecule has 0 radical (unpaired) electrons. The maximum Gasteiger partial charge on any atom is 0.344 e. The molecule has 2 aromatic heterocycles. The lowest BCUT2D eigenvalue weighted by atomic mass is 10.2. The van der Waals surface area contributed by atoms with Crippen LogP contribution >= 0.6 is 0 Å². The van der Waals surface area contributed by atoms with E-state index in [0.717, 1.165) is 5.39 Å². The van der Waals surface area contributed by atoms with E-state index in [0.29, 0.717) is 39.3 Å². The van der Waals surface area contributed by atoms with Crippen molar-refractivity contribution in [3.05, 3.63) is 88.7 Å². The minimum atomic E-state index is -1.06. The summed E-state index contributed by atoms with van der Waals surface area (Å²) in [6.45, 7) is 1.45. The molecule has 1 N–H and O–H groups in total. The first kappa shape index (κ1) is 22.9. The third-order valence-corrected chi connectivity index (χ3v) is 5.58. The number of aliphatic carboxylic acids is 1. The van der Waals surface area contributed by atoms with Crippen LogP contribution in [0.25, 0.3) is 33.5 Å². The van der Waals surface area contributed by atoms with Crippen LogP contribution in [-0.2, 0) is 4.79 Å². The van der Waals surface area contributed by atoms with Crippen molar-refractivity contribution >= 4 is 34.1 Å². The number of carboxylic acid groups (broad SMARTS) is 1. The maximum absolute atomic E-state index is 13.4. The number of carboxylic acids is 1. The highest BCUT2D eigenvalue weighted by atomic mass is 16.5. The summed E-state index contributed by atoms with van der Waals surface area (Å²) >= 11 is 0. The summed E-state index contributed by atoms with van der Waals surface area (Å²) in [5.41, 5.74) is 1.43. The van der Waals surface area contributed by atoms with Crippen LogP contribution in [0.1, 0.15) is 12.5 Å². The van der Waals surface area contributed by atoms with Gasteiger partial charge in [0.15, 0.2) is 11.9 Å². The number of hydrogen-bond donors (Lipinski definition) is 1. The zero-order chi connectivity index (χ0) is 25.2. The molecule has 0 saturated heterocycles. The number of nitrogens with zero attached hydrogens (tertiary/aromatic N) is 3. The standard InChI is InChI=1S/C27H21N3O6/c1-16(27(32)33)35-18-12-10-17(11-13-18)15-28-30-25(29-21-7-4-3-6-19(21)26(30)31)24-14-20-22(34-2)8-5-9-23(20)36-24/h3-16H,1-2H3,(H,32,33)/t16-/m1/s1. The van der Waals surface area contributed by atoms with Crippen LogP contribution in [0.4, 0.5) is 0 Å². The Bertz CT molecular complexity index is 1670. The molecule has 0 spiro atoms. The molecular weight excluding hydrogens is 462 g/mol. The normalized spacial score (nSPS) is 12.3. The van der Waals surface area contributed by atoms with E-state index < -0.39 is 12.1 Å². The summed E-state index contributed by atoms with van der Waals surface area (Å²) in [5.74, 6) is 0.590. The summed E-state index contributed by atoms with van der Waals surface area (Å²) in [7, 11) is 1.58. The minimum absolute atomic E-state index is 0.239. The summed E-state index contributed by atoms with van der Waals surface area (Å²) < 4.78 is 18.0. The Morgan fingerprint density at radius 3 is 2.61 bits per heavy atom. The van der Waals surface area contributed by atoms with Crippen LogP contribution in [0.5, 0.6) is 11.5 Å². The van der Waals surface area contributed by atoms with Crippen LogP contribution in [0.3, 0.4) is 0 Å². The van der Waals surface area contributed by atoms with E-state index >= 15 is 0 Å². The first-order valence-corrected chi connectivity index (χ1v) is 11.1. The number of hydrogen-bond acceptors (Lipinski definition) is 7. The van der Waals surface area contributed by atoms with Gasteiger partial charge < -0.3 is 19.0 Å². The van der Waals surface area contributed by atoms with Gasteiger partial charge in [0, 0.05) is 0 Å². The molecule has 0 bridgehead atoms. The third-order valence-electron chi connectivity index (χ3n) is 5.58. The molecule has 36 heavy (non-hydrogen) atoms. The predicted molar refractivity (Wildman–Crippen MR) is 135 cm³/mol. The van der Waals surface area contributed by atoms with Gasteiger partial charge in [-0.15, -0.1) is 0 Å². The van der Waals surface area contributed by atoms with Crippen LogP contribution in [0.2, 0.25) is 0 Å². The van der Waals surface area contributed by atoms with Crippen molar-refractivity contribution in [1.29, 1.82) is 0 Å². The highest BCUT2D eigenvalue weighted by Gasteiger charge is 2.18. The lowest BCUT2D eigenvalue weighted by molar-refractivity contribution is -0.144. The number of ether oxygens (including phenoxy) is 2. The van der Waals surface area contributed by atoms with Crippen molar-refractivity contribution < 1.29 is 23.8 Å². The van der Waals surface area contributed by atoms with Crippen LogP contribution in [-0.4, -0.2) is 40.2 Å². The van der Waals surface area contributed by atoms with Gasteiger partial charge in [0.2, 0.25) is 5.82 Å². The predicted octanol–water partition coefficient (Wildman–Crippen LogP) is 4.55. The quantitative estimate of drug-likeness (QED) is 0.338. The van der Waals surface area contributed by atoms with Gasteiger partial charge in [-0.1, -0.05) is 18.2 Å². The first-order valence-electron chi connectivity index (χ1n) is 11.1. The molecule has 180 valence electrons. The fourth-order valence-electron chi connectivity index (χ4n) is 3.72. The first-order chi connectivity index (χ1) is 17.4. The minimum Gasteiger partial charge on any atom is -0.496 e. The molecule has 1 atom stereocenters. The number of rotatable bonds is 7. The topological polar surface area (TPSA) is 116 Å². The highest BCUT2D eigenvalue weighted by Crippen LogP contribution is 2.32. The SMILES string of the molecule is COc1cccc2oc(-c3nc4ccccc4c(=O)n3N=Cc3ccc(O[C@H](C)C(=O)O)cc3)cc12. The van der Waals surface area contributed by atoms with E-state index in [1.54, 1.807) is 55.6 Å². The Morgan fingerprint density at radius 1 is 1.08 bits per heavy atom. The van der Waals surface area contributed by atoms with Crippen molar-refractivity contribution in [2.45, 2.75) is 13.0 Å². The maximum atomic E-state index is 13.4. The van der Waals surface area contributed by atoms with Crippen molar-refractivity contribution in [3.63, 3.8) is 0 Å². The van der Waals surface area contributed by atoms with Gasteiger partial charge in [0.05, 0.1) is 29.6 Å². The fourth-order valence-corrected chi connectivity index (χ4v) is 3.72. The number of fused-ring (bicyclic) bond motifs is 2. The highest BCUT2D eigenvalue weighted by molar-refractivity contribution is 5.88. The number of methoxy groups -OCH3 is 1. The number of aromatic nitrogens is 2. The van der Waals surface area contributed by atoms with Gasteiger partial charge >= 0.3 is 5.97 Å². The van der Waals surface area contributed by atoms with E-state index in [2.05, 4.69) is 10.1 Å². The zero-order valence-electron chi connectivity index (χ0n) is 19.4. The molecule has 0 aliphatic carbocycles. The van der Waals surface area contributed by atoms with E-state index in [-0.39, 0.29) is 11.4 Å². The van der Waals surface area contributed by atoms with E-state index in [1.807, 2.05) is 24.3 Å². The molecule has 0 unspecified atom stereocenters. The Kier molecular flexibility index (Phi) is 5.95. The van der Waals surface area contributed by atoms with Crippen molar-refractivity contribution in [2.75, 3.05) is 7.11 Å². The molecular formula is C27H21N3O6. The number of furan rings is 1. The molecule has 9 heteroatoms. The number of para-hydroxylation sites is 1. The molecule has 5 rings (SSSR count). The summed E-state index contributed by atoms with van der Waals surface area (Å²) in [4.78, 5) is 29.1. The lowest BCUT2D eigenvalue weighted by Crippen LogP contribution is -2.22. The van der Waals surface area contributed by atoms with Crippen LogP contribution < -0.4 is 15.0 Å². The van der Waals surface area contributed by atoms with Crippen molar-refractivity contribution in [1.82, 2.24) is 9.66 Å². The Morgan fingerprint density at radius 2 is 1.86 bits per heavy atom. The molecule has 5 aromatic rings. The average molecular weight is 483 g/mol. The Labute approximate surface area is 204 Å². The molecule has 0 amide bonds. The Balaban J connectivity index is 1.58. The van der Waals surface area contributed by atoms with Crippen molar-refractivity contribution in [3.8, 4) is 23.1 Å². The van der Waals surface area contributed by atoms with Gasteiger partial charge in [0.1, 0.15) is 17.1 Å². The number of benzene rings is 3.